The lowest BCUT2D eigenvalue weighted by Gasteiger charge is -2.33. The number of thiol groups is 1. The number of rotatable bonds is 8. The fraction of sp³-hybridized carbons (Fsp3) is 0.333. The lowest BCUT2D eigenvalue weighted by Crippen LogP contribution is -2.53. The van der Waals surface area contributed by atoms with Crippen molar-refractivity contribution >= 4 is 47.8 Å². The van der Waals surface area contributed by atoms with Crippen molar-refractivity contribution in [2.24, 2.45) is 0 Å². The van der Waals surface area contributed by atoms with E-state index in [0.29, 0.717) is 27.4 Å². The maximum Gasteiger partial charge on any atom is 0.408 e. The molecule has 2 atom stereocenters. The first-order valence-corrected chi connectivity index (χ1v) is 12.3. The molecule has 2 aromatic carbocycles. The Labute approximate surface area is 227 Å². The number of alkyl carbamates (subject to hydrolysis) is 1. The maximum atomic E-state index is 13.8. The summed E-state index contributed by atoms with van der Waals surface area (Å²) < 4.78 is 5.25. The summed E-state index contributed by atoms with van der Waals surface area (Å²) in [6.45, 7) is 6.34. The molecule has 0 heterocycles. The summed E-state index contributed by atoms with van der Waals surface area (Å²) in [6.07, 6.45) is 4.85. The third-order valence-corrected chi connectivity index (χ3v) is 5.82. The lowest BCUT2D eigenvalue weighted by atomic mass is 9.97. The number of para-hydroxylation sites is 1. The number of carbonyl (C=O) groups is 3. The van der Waals surface area contributed by atoms with Crippen LogP contribution in [0, 0.1) is 30.6 Å². The van der Waals surface area contributed by atoms with E-state index in [4.69, 9.17) is 22.8 Å². The predicted octanol–water partition coefficient (Wildman–Crippen LogP) is 4.48. The van der Waals surface area contributed by atoms with Gasteiger partial charge >= 0.3 is 6.09 Å². The number of terminal acetylenes is 1. The fourth-order valence-corrected chi connectivity index (χ4v) is 4.02. The highest BCUT2D eigenvalue weighted by Crippen LogP contribution is 2.30. The monoisotopic (exact) mass is 540 g/mol. The molecule has 0 aliphatic rings. The van der Waals surface area contributed by atoms with Crippen LogP contribution in [-0.2, 0) is 14.3 Å². The average molecular weight is 541 g/mol. The van der Waals surface area contributed by atoms with Gasteiger partial charge in [0.2, 0.25) is 5.91 Å². The van der Waals surface area contributed by atoms with Gasteiger partial charge in [0.25, 0.3) is 5.91 Å². The standard InChI is InChI=1S/C27H29ClN4O4S/c1-6-18-11-7-8-12-19(18)23(24(33)31-22-17(2)10-9-13-20(22)28)32(15-14-29)25(34)21(16-37)30-26(35)36-27(3,4)5/h1,7-13,21,23,37H,15-16H2,2-5H3,(H,30,35)(H,31,33). The van der Waals surface area contributed by atoms with Crippen molar-refractivity contribution in [2.75, 3.05) is 17.6 Å². The van der Waals surface area contributed by atoms with Crippen molar-refractivity contribution in [3.63, 3.8) is 0 Å². The molecule has 2 N–H and O–H groups in total. The third-order valence-electron chi connectivity index (χ3n) is 5.14. The van der Waals surface area contributed by atoms with Crippen LogP contribution in [0.25, 0.3) is 0 Å². The molecule has 0 bridgehead atoms. The van der Waals surface area contributed by atoms with Gasteiger partial charge in [-0.1, -0.05) is 47.9 Å². The number of amides is 3. The Morgan fingerprint density at radius 3 is 2.43 bits per heavy atom. The zero-order valence-corrected chi connectivity index (χ0v) is 22.7. The van der Waals surface area contributed by atoms with Gasteiger partial charge in [0, 0.05) is 11.3 Å². The number of anilines is 1. The highest BCUT2D eigenvalue weighted by Gasteiger charge is 2.37. The van der Waals surface area contributed by atoms with E-state index in [2.05, 4.69) is 29.2 Å². The van der Waals surface area contributed by atoms with Gasteiger partial charge in [-0.3, -0.25) is 9.59 Å². The summed E-state index contributed by atoms with van der Waals surface area (Å²) in [7, 11) is 0. The van der Waals surface area contributed by atoms with Crippen LogP contribution in [-0.4, -0.2) is 46.7 Å². The summed E-state index contributed by atoms with van der Waals surface area (Å²) in [6, 6.07) is 11.1. The van der Waals surface area contributed by atoms with Crippen LogP contribution in [0.15, 0.2) is 42.5 Å². The molecule has 0 fully saturated rings. The molecule has 194 valence electrons. The van der Waals surface area contributed by atoms with Crippen molar-refractivity contribution < 1.29 is 19.1 Å². The molecule has 3 amide bonds. The minimum absolute atomic E-state index is 0.116. The maximum absolute atomic E-state index is 13.8. The molecule has 0 aliphatic heterocycles. The Kier molecular flexibility index (Phi) is 10.4. The van der Waals surface area contributed by atoms with Crippen molar-refractivity contribution in [3.05, 3.63) is 64.2 Å². The van der Waals surface area contributed by atoms with Crippen LogP contribution in [0.2, 0.25) is 5.02 Å². The van der Waals surface area contributed by atoms with Gasteiger partial charge in [0.05, 0.1) is 16.8 Å². The molecule has 0 aromatic heterocycles. The Morgan fingerprint density at radius 1 is 1.19 bits per heavy atom. The molecule has 0 saturated heterocycles. The number of benzene rings is 2. The molecule has 2 unspecified atom stereocenters. The zero-order valence-electron chi connectivity index (χ0n) is 21.0. The van der Waals surface area contributed by atoms with Crippen LogP contribution in [0.4, 0.5) is 10.5 Å². The first kappa shape index (κ1) is 29.6. The van der Waals surface area contributed by atoms with Gasteiger partial charge in [-0.25, -0.2) is 4.79 Å². The summed E-state index contributed by atoms with van der Waals surface area (Å²) in [4.78, 5) is 40.9. The van der Waals surface area contributed by atoms with Crippen LogP contribution < -0.4 is 10.6 Å². The van der Waals surface area contributed by atoms with Crippen LogP contribution in [0.1, 0.15) is 43.5 Å². The van der Waals surface area contributed by atoms with E-state index < -0.39 is 42.1 Å². The number of carbonyl (C=O) groups excluding carboxylic acids is 3. The minimum Gasteiger partial charge on any atom is -0.444 e. The van der Waals surface area contributed by atoms with Gasteiger partial charge in [-0.15, -0.1) is 6.42 Å². The predicted molar refractivity (Wildman–Crippen MR) is 146 cm³/mol. The third kappa shape index (κ3) is 7.91. The van der Waals surface area contributed by atoms with E-state index in [0.717, 1.165) is 4.90 Å². The van der Waals surface area contributed by atoms with Crippen LogP contribution >= 0.6 is 24.2 Å². The number of nitriles is 1. The van der Waals surface area contributed by atoms with E-state index in [1.165, 1.54) is 0 Å². The van der Waals surface area contributed by atoms with Gasteiger partial charge in [0.15, 0.2) is 0 Å². The highest BCUT2D eigenvalue weighted by atomic mass is 35.5. The second kappa shape index (κ2) is 13.0. The first-order chi connectivity index (χ1) is 17.4. The van der Waals surface area contributed by atoms with Crippen molar-refractivity contribution in [1.29, 1.82) is 5.26 Å². The molecule has 37 heavy (non-hydrogen) atoms. The molecular weight excluding hydrogens is 512 g/mol. The molecule has 0 spiro atoms. The molecule has 8 nitrogen and oxygen atoms in total. The van der Waals surface area contributed by atoms with Crippen LogP contribution in [0.3, 0.4) is 0 Å². The molecular formula is C27H29ClN4O4S. The number of nitrogens with one attached hydrogen (secondary N) is 2. The second-order valence-corrected chi connectivity index (χ2v) is 9.83. The van der Waals surface area contributed by atoms with Gasteiger partial charge in [-0.05, 0) is 51.0 Å². The van der Waals surface area contributed by atoms with Crippen molar-refractivity contribution in [1.82, 2.24) is 10.2 Å². The van der Waals surface area contributed by atoms with E-state index in [-0.39, 0.29) is 5.75 Å². The van der Waals surface area contributed by atoms with Crippen molar-refractivity contribution in [2.45, 2.75) is 45.4 Å². The lowest BCUT2D eigenvalue weighted by molar-refractivity contribution is -0.139. The number of halogens is 1. The smallest absolute Gasteiger partial charge is 0.408 e. The van der Waals surface area contributed by atoms with Crippen molar-refractivity contribution in [3.8, 4) is 18.4 Å². The SMILES string of the molecule is C#Cc1ccccc1C(C(=O)Nc1c(C)cccc1Cl)N(CC#N)C(=O)C(CS)NC(=O)OC(C)(C)C. The summed E-state index contributed by atoms with van der Waals surface area (Å²) in [5, 5.41) is 15.1. The Bertz CT molecular complexity index is 1230. The fourth-order valence-electron chi connectivity index (χ4n) is 3.51. The number of aryl methyl sites for hydroxylation is 1. The summed E-state index contributed by atoms with van der Waals surface area (Å²) in [5.41, 5.74) is 0.937. The molecule has 0 saturated carbocycles. The zero-order chi connectivity index (χ0) is 27.8. The summed E-state index contributed by atoms with van der Waals surface area (Å²) in [5.74, 6) is 1.05. The Morgan fingerprint density at radius 2 is 1.86 bits per heavy atom. The summed E-state index contributed by atoms with van der Waals surface area (Å²) >= 11 is 10.5. The molecule has 0 aliphatic carbocycles. The van der Waals surface area contributed by atoms with E-state index in [1.54, 1.807) is 70.2 Å². The van der Waals surface area contributed by atoms with Gasteiger partial charge in [0.1, 0.15) is 24.2 Å². The number of nitrogens with zero attached hydrogens (tertiary/aromatic N) is 2. The molecule has 0 radical (unpaired) electrons. The normalized spacial score (nSPS) is 12.3. The average Bonchev–Trinajstić information content (AvgIpc) is 2.83. The largest absolute Gasteiger partial charge is 0.444 e. The number of hydrogen-bond donors (Lipinski definition) is 3. The van der Waals surface area contributed by atoms with E-state index >= 15 is 0 Å². The van der Waals surface area contributed by atoms with E-state index in [9.17, 15) is 19.6 Å². The van der Waals surface area contributed by atoms with Gasteiger partial charge in [-0.2, -0.15) is 17.9 Å². The Hall–Kier alpha value is -3.66. The van der Waals surface area contributed by atoms with Gasteiger partial charge < -0.3 is 20.3 Å². The quantitative estimate of drug-likeness (QED) is 0.259. The highest BCUT2D eigenvalue weighted by molar-refractivity contribution is 7.80. The van der Waals surface area contributed by atoms with E-state index in [1.807, 2.05) is 6.07 Å². The second-order valence-electron chi connectivity index (χ2n) is 9.06. The first-order valence-electron chi connectivity index (χ1n) is 11.3. The van der Waals surface area contributed by atoms with Crippen LogP contribution in [0.5, 0.6) is 0 Å². The minimum atomic E-state index is -1.32. The Balaban J connectivity index is 2.56. The molecule has 10 heteroatoms. The molecule has 2 aromatic rings. The number of ether oxygens (including phenoxy) is 1. The molecule has 2 rings (SSSR count). The number of hydrogen-bond acceptors (Lipinski definition) is 6. The topological polar surface area (TPSA) is 112 Å².